The number of nitrogens with one attached hydrogen (secondary N) is 2. The summed E-state index contributed by atoms with van der Waals surface area (Å²) in [5.41, 5.74) is 2.06. The van der Waals surface area contributed by atoms with E-state index in [2.05, 4.69) is 17.6 Å². The van der Waals surface area contributed by atoms with E-state index in [0.717, 1.165) is 29.7 Å². The summed E-state index contributed by atoms with van der Waals surface area (Å²) in [6, 6.07) is 15.0. The number of hydrogen-bond donors (Lipinski definition) is 2. The highest BCUT2D eigenvalue weighted by Crippen LogP contribution is 2.40. The molecule has 1 aromatic heterocycles. The van der Waals surface area contributed by atoms with E-state index in [4.69, 9.17) is 0 Å². The predicted octanol–water partition coefficient (Wildman–Crippen LogP) is 5.52. The number of benzene rings is 2. The van der Waals surface area contributed by atoms with E-state index in [9.17, 15) is 14.0 Å². The molecule has 2 amide bonds. The van der Waals surface area contributed by atoms with Crippen molar-refractivity contribution in [2.24, 2.45) is 5.92 Å². The molecule has 1 aliphatic carbocycles. The summed E-state index contributed by atoms with van der Waals surface area (Å²) in [5, 5.41) is 6.09. The molecule has 0 saturated carbocycles. The van der Waals surface area contributed by atoms with Gasteiger partial charge in [0.1, 0.15) is 10.8 Å². The van der Waals surface area contributed by atoms with Crippen molar-refractivity contribution in [3.63, 3.8) is 0 Å². The van der Waals surface area contributed by atoms with Crippen LogP contribution < -0.4 is 10.6 Å². The zero-order chi connectivity index (χ0) is 20.4. The molecule has 0 unspecified atom stereocenters. The Morgan fingerprint density at radius 3 is 2.48 bits per heavy atom. The second-order valence-electron chi connectivity index (χ2n) is 7.31. The Bertz CT molecular complexity index is 1060. The number of carbonyl (C=O) groups excluding carboxylic acids is 2. The lowest BCUT2D eigenvalue weighted by molar-refractivity contribution is 0.102. The van der Waals surface area contributed by atoms with Crippen molar-refractivity contribution in [3.8, 4) is 0 Å². The summed E-state index contributed by atoms with van der Waals surface area (Å²) < 4.78 is 14.0. The standard InChI is InChI=1S/C23H21FN2O2S/c1-14-11-12-16-19(13-14)29-23(26-21(27)15-7-3-2-4-8-15)20(16)22(28)25-18-10-6-5-9-17(18)24/h2-10,14H,11-13H2,1H3,(H,25,28)(H,26,27)/t14-/m0/s1. The Morgan fingerprint density at radius 2 is 1.72 bits per heavy atom. The zero-order valence-electron chi connectivity index (χ0n) is 16.0. The van der Waals surface area contributed by atoms with Crippen LogP contribution in [0, 0.1) is 11.7 Å². The number of fused-ring (bicyclic) bond motifs is 1. The molecule has 4 rings (SSSR count). The summed E-state index contributed by atoms with van der Waals surface area (Å²) >= 11 is 1.45. The van der Waals surface area contributed by atoms with Crippen molar-refractivity contribution in [3.05, 3.63) is 82.0 Å². The maximum atomic E-state index is 14.0. The molecule has 3 aromatic rings. The van der Waals surface area contributed by atoms with E-state index in [1.54, 1.807) is 36.4 Å². The average Bonchev–Trinajstić information content (AvgIpc) is 3.07. The van der Waals surface area contributed by atoms with Crippen LogP contribution in [-0.2, 0) is 12.8 Å². The van der Waals surface area contributed by atoms with E-state index in [1.165, 1.54) is 23.5 Å². The van der Waals surface area contributed by atoms with E-state index in [0.29, 0.717) is 22.0 Å². The molecular weight excluding hydrogens is 387 g/mol. The number of hydrogen-bond acceptors (Lipinski definition) is 3. The molecule has 148 valence electrons. The first kappa shape index (κ1) is 19.3. The molecule has 0 bridgehead atoms. The minimum Gasteiger partial charge on any atom is -0.319 e. The second-order valence-corrected chi connectivity index (χ2v) is 8.42. The van der Waals surface area contributed by atoms with Gasteiger partial charge in [0.25, 0.3) is 11.8 Å². The lowest BCUT2D eigenvalue weighted by atomic mass is 9.88. The van der Waals surface area contributed by atoms with Gasteiger partial charge in [-0.1, -0.05) is 37.3 Å². The minimum absolute atomic E-state index is 0.127. The zero-order valence-corrected chi connectivity index (χ0v) is 16.8. The van der Waals surface area contributed by atoms with Gasteiger partial charge >= 0.3 is 0 Å². The van der Waals surface area contributed by atoms with Crippen molar-refractivity contribution >= 4 is 33.8 Å². The quantitative estimate of drug-likeness (QED) is 0.597. The normalized spacial score (nSPS) is 15.4. The Kier molecular flexibility index (Phi) is 5.45. The maximum absolute atomic E-state index is 14.0. The largest absolute Gasteiger partial charge is 0.319 e. The van der Waals surface area contributed by atoms with E-state index in [1.807, 2.05) is 6.07 Å². The maximum Gasteiger partial charge on any atom is 0.259 e. The molecule has 0 fully saturated rings. The Morgan fingerprint density at radius 1 is 1.00 bits per heavy atom. The Hall–Kier alpha value is -2.99. The van der Waals surface area contributed by atoms with Crippen molar-refractivity contribution < 1.29 is 14.0 Å². The summed E-state index contributed by atoms with van der Waals surface area (Å²) in [4.78, 5) is 26.9. The molecule has 1 aliphatic rings. The van der Waals surface area contributed by atoms with Gasteiger partial charge in [-0.3, -0.25) is 9.59 Å². The smallest absolute Gasteiger partial charge is 0.259 e. The Balaban J connectivity index is 1.68. The van der Waals surface area contributed by atoms with Crippen molar-refractivity contribution in [2.45, 2.75) is 26.2 Å². The lowest BCUT2D eigenvalue weighted by Crippen LogP contribution is -2.19. The summed E-state index contributed by atoms with van der Waals surface area (Å²) in [7, 11) is 0. The van der Waals surface area contributed by atoms with Gasteiger partial charge in [-0.2, -0.15) is 0 Å². The number of para-hydroxylation sites is 1. The van der Waals surface area contributed by atoms with Crippen LogP contribution in [0.1, 0.15) is 44.5 Å². The van der Waals surface area contributed by atoms with Gasteiger partial charge < -0.3 is 10.6 Å². The number of halogens is 1. The number of carbonyl (C=O) groups is 2. The molecule has 0 saturated heterocycles. The van der Waals surface area contributed by atoms with Crippen LogP contribution in [0.25, 0.3) is 0 Å². The van der Waals surface area contributed by atoms with Gasteiger partial charge in [0.15, 0.2) is 0 Å². The number of amides is 2. The Labute approximate surface area is 172 Å². The fraction of sp³-hybridized carbons (Fsp3) is 0.217. The van der Waals surface area contributed by atoms with Crippen LogP contribution in [-0.4, -0.2) is 11.8 Å². The molecule has 2 aromatic carbocycles. The second kappa shape index (κ2) is 8.17. The van der Waals surface area contributed by atoms with Gasteiger partial charge in [0, 0.05) is 10.4 Å². The molecule has 0 spiro atoms. The summed E-state index contributed by atoms with van der Waals surface area (Å²) in [5.74, 6) is -0.627. The van der Waals surface area contributed by atoms with Gasteiger partial charge in [0.05, 0.1) is 11.3 Å². The third-order valence-corrected chi connectivity index (χ3v) is 6.29. The van der Waals surface area contributed by atoms with Crippen LogP contribution in [0.15, 0.2) is 54.6 Å². The number of rotatable bonds is 4. The monoisotopic (exact) mass is 408 g/mol. The highest BCUT2D eigenvalue weighted by atomic mass is 32.1. The van der Waals surface area contributed by atoms with Gasteiger partial charge in [0.2, 0.25) is 0 Å². The number of anilines is 2. The molecule has 2 N–H and O–H groups in total. The molecule has 6 heteroatoms. The van der Waals surface area contributed by atoms with Crippen LogP contribution in [0.4, 0.5) is 15.1 Å². The molecule has 0 aliphatic heterocycles. The molecule has 1 atom stereocenters. The molecule has 0 radical (unpaired) electrons. The highest BCUT2D eigenvalue weighted by molar-refractivity contribution is 7.17. The topological polar surface area (TPSA) is 58.2 Å². The lowest BCUT2D eigenvalue weighted by Gasteiger charge is -2.18. The van der Waals surface area contributed by atoms with Crippen LogP contribution >= 0.6 is 11.3 Å². The fourth-order valence-corrected chi connectivity index (χ4v) is 4.99. The van der Waals surface area contributed by atoms with E-state index < -0.39 is 11.7 Å². The van der Waals surface area contributed by atoms with E-state index in [-0.39, 0.29) is 11.6 Å². The minimum atomic E-state index is -0.492. The van der Waals surface area contributed by atoms with Gasteiger partial charge in [-0.15, -0.1) is 11.3 Å². The summed E-state index contributed by atoms with van der Waals surface area (Å²) in [6.07, 6.45) is 2.63. The van der Waals surface area contributed by atoms with Crippen LogP contribution in [0.2, 0.25) is 0 Å². The third-order valence-electron chi connectivity index (χ3n) is 5.12. The first-order valence-electron chi connectivity index (χ1n) is 9.59. The van der Waals surface area contributed by atoms with Crippen LogP contribution in [0.5, 0.6) is 0 Å². The van der Waals surface area contributed by atoms with Crippen molar-refractivity contribution in [1.29, 1.82) is 0 Å². The number of thiophene rings is 1. The van der Waals surface area contributed by atoms with Crippen LogP contribution in [0.3, 0.4) is 0 Å². The summed E-state index contributed by atoms with van der Waals surface area (Å²) in [6.45, 7) is 2.18. The third kappa shape index (κ3) is 4.07. The van der Waals surface area contributed by atoms with Gasteiger partial charge in [-0.25, -0.2) is 4.39 Å². The van der Waals surface area contributed by atoms with Gasteiger partial charge in [-0.05, 0) is 55.0 Å². The molecular formula is C23H21FN2O2S. The molecule has 4 nitrogen and oxygen atoms in total. The van der Waals surface area contributed by atoms with E-state index >= 15 is 0 Å². The molecule has 29 heavy (non-hydrogen) atoms. The van der Waals surface area contributed by atoms with Crippen molar-refractivity contribution in [1.82, 2.24) is 0 Å². The van der Waals surface area contributed by atoms with Crippen molar-refractivity contribution in [2.75, 3.05) is 10.6 Å². The predicted molar refractivity (Wildman–Crippen MR) is 114 cm³/mol. The molecule has 1 heterocycles. The average molecular weight is 408 g/mol. The fourth-order valence-electron chi connectivity index (χ4n) is 3.59. The first-order chi connectivity index (χ1) is 14.0. The first-order valence-corrected chi connectivity index (χ1v) is 10.4. The SMILES string of the molecule is C[C@H]1CCc2c(sc(NC(=O)c3ccccc3)c2C(=O)Nc2ccccc2F)C1. The highest BCUT2D eigenvalue weighted by Gasteiger charge is 2.29.